The third-order valence-corrected chi connectivity index (χ3v) is 2.88. The molecule has 2 rings (SSSR count). The molecule has 1 heterocycles. The van der Waals surface area contributed by atoms with Gasteiger partial charge in [0, 0.05) is 6.07 Å². The average molecular weight is 266 g/mol. The molecule has 0 bridgehead atoms. The highest BCUT2D eigenvalue weighted by Crippen LogP contribution is 2.33. The lowest BCUT2D eigenvalue weighted by Gasteiger charge is -2.14. The largest absolute Gasteiger partial charge is 0.474 e. The predicted molar refractivity (Wildman–Crippen MR) is 57.1 cm³/mol. The van der Waals surface area contributed by atoms with Crippen LogP contribution in [-0.4, -0.2) is 11.1 Å². The Morgan fingerprint density at radius 2 is 1.88 bits per heavy atom. The molecule has 0 aliphatic heterocycles. The van der Waals surface area contributed by atoms with Crippen LogP contribution in [0.25, 0.3) is 0 Å². The number of halogens is 4. The van der Waals surface area contributed by atoms with Crippen molar-refractivity contribution in [3.63, 3.8) is 0 Å². The number of ether oxygens (including phenoxy) is 1. The van der Waals surface area contributed by atoms with E-state index < -0.39 is 11.7 Å². The molecule has 1 saturated carbocycles. The van der Waals surface area contributed by atoms with Crippen molar-refractivity contribution in [3.8, 4) is 5.88 Å². The molecule has 1 aromatic heterocycles. The number of pyridine rings is 1. The first kappa shape index (κ1) is 12.5. The lowest BCUT2D eigenvalue weighted by molar-refractivity contribution is -0.137. The summed E-state index contributed by atoms with van der Waals surface area (Å²) in [5, 5.41) is -0.201. The molecular weight excluding hydrogens is 255 g/mol. The van der Waals surface area contributed by atoms with Gasteiger partial charge in [0.1, 0.15) is 11.3 Å². The SMILES string of the molecule is FC(F)(F)c1cc(Cl)nc(OC2CCCC2)c1. The first-order valence-corrected chi connectivity index (χ1v) is 5.74. The molecule has 1 fully saturated rings. The molecule has 2 nitrogen and oxygen atoms in total. The van der Waals surface area contributed by atoms with Crippen LogP contribution < -0.4 is 4.74 Å². The van der Waals surface area contributed by atoms with Gasteiger partial charge < -0.3 is 4.74 Å². The van der Waals surface area contributed by atoms with Gasteiger partial charge in [-0.25, -0.2) is 4.98 Å². The summed E-state index contributed by atoms with van der Waals surface area (Å²) in [6, 6.07) is 1.69. The summed E-state index contributed by atoms with van der Waals surface area (Å²) in [5.41, 5.74) is -0.828. The highest BCUT2D eigenvalue weighted by Gasteiger charge is 2.32. The van der Waals surface area contributed by atoms with Crippen molar-refractivity contribution in [2.75, 3.05) is 0 Å². The van der Waals surface area contributed by atoms with Gasteiger partial charge in [-0.15, -0.1) is 0 Å². The molecule has 1 aliphatic rings. The topological polar surface area (TPSA) is 22.1 Å². The van der Waals surface area contributed by atoms with E-state index in [9.17, 15) is 13.2 Å². The molecule has 0 unspecified atom stereocenters. The summed E-state index contributed by atoms with van der Waals surface area (Å²) in [6.45, 7) is 0. The van der Waals surface area contributed by atoms with Crippen LogP contribution in [0.2, 0.25) is 5.15 Å². The van der Waals surface area contributed by atoms with Crippen LogP contribution in [0.5, 0.6) is 5.88 Å². The summed E-state index contributed by atoms with van der Waals surface area (Å²) in [4.78, 5) is 3.75. The molecule has 0 aromatic carbocycles. The zero-order valence-corrected chi connectivity index (χ0v) is 9.68. The van der Waals surface area contributed by atoms with Gasteiger partial charge in [0.2, 0.25) is 5.88 Å². The van der Waals surface area contributed by atoms with E-state index in [-0.39, 0.29) is 17.1 Å². The minimum absolute atomic E-state index is 0.0398. The monoisotopic (exact) mass is 265 g/mol. The van der Waals surface area contributed by atoms with Crippen molar-refractivity contribution in [2.24, 2.45) is 0 Å². The van der Waals surface area contributed by atoms with Gasteiger partial charge in [0.15, 0.2) is 0 Å². The van der Waals surface area contributed by atoms with E-state index in [1.54, 1.807) is 0 Å². The number of aromatic nitrogens is 1. The van der Waals surface area contributed by atoms with E-state index in [0.29, 0.717) is 0 Å². The van der Waals surface area contributed by atoms with Crippen LogP contribution in [0.15, 0.2) is 12.1 Å². The Morgan fingerprint density at radius 1 is 1.24 bits per heavy atom. The fraction of sp³-hybridized carbons (Fsp3) is 0.545. The van der Waals surface area contributed by atoms with Crippen molar-refractivity contribution in [3.05, 3.63) is 22.8 Å². The molecule has 17 heavy (non-hydrogen) atoms. The molecule has 1 aliphatic carbocycles. The van der Waals surface area contributed by atoms with Crippen LogP contribution in [0.4, 0.5) is 13.2 Å². The highest BCUT2D eigenvalue weighted by molar-refractivity contribution is 6.29. The maximum atomic E-state index is 12.5. The Bertz CT molecular complexity index is 402. The second kappa shape index (κ2) is 4.72. The van der Waals surface area contributed by atoms with Crippen LogP contribution in [0, 0.1) is 0 Å². The minimum atomic E-state index is -4.43. The smallest absolute Gasteiger partial charge is 0.416 e. The maximum Gasteiger partial charge on any atom is 0.416 e. The molecule has 0 atom stereocenters. The molecule has 0 saturated heterocycles. The van der Waals surface area contributed by atoms with E-state index in [4.69, 9.17) is 16.3 Å². The first-order valence-electron chi connectivity index (χ1n) is 5.36. The van der Waals surface area contributed by atoms with Crippen molar-refractivity contribution >= 4 is 11.6 Å². The zero-order valence-electron chi connectivity index (χ0n) is 8.93. The Morgan fingerprint density at radius 3 is 2.47 bits per heavy atom. The Hall–Kier alpha value is -0.970. The van der Waals surface area contributed by atoms with Gasteiger partial charge in [-0.05, 0) is 31.7 Å². The molecule has 6 heteroatoms. The second-order valence-corrected chi connectivity index (χ2v) is 4.43. The van der Waals surface area contributed by atoms with Crippen LogP contribution >= 0.6 is 11.6 Å². The molecule has 0 amide bonds. The van der Waals surface area contributed by atoms with E-state index >= 15 is 0 Å². The quantitative estimate of drug-likeness (QED) is 0.752. The summed E-state index contributed by atoms with van der Waals surface area (Å²) in [6.07, 6.45) is -0.678. The lowest BCUT2D eigenvalue weighted by Crippen LogP contribution is -2.13. The van der Waals surface area contributed by atoms with Gasteiger partial charge in [0.25, 0.3) is 0 Å². The molecular formula is C11H11ClF3NO. The standard InChI is InChI=1S/C11H11ClF3NO/c12-9-5-7(11(13,14)15)6-10(16-9)17-8-3-1-2-4-8/h5-6,8H,1-4H2. The van der Waals surface area contributed by atoms with Crippen molar-refractivity contribution in [1.82, 2.24) is 4.98 Å². The lowest BCUT2D eigenvalue weighted by atomic mass is 10.2. The molecule has 0 spiro atoms. The van der Waals surface area contributed by atoms with E-state index in [0.717, 1.165) is 37.8 Å². The first-order chi connectivity index (χ1) is 7.95. The van der Waals surface area contributed by atoms with Gasteiger partial charge in [-0.2, -0.15) is 13.2 Å². The van der Waals surface area contributed by atoms with Crippen LogP contribution in [-0.2, 0) is 6.18 Å². The van der Waals surface area contributed by atoms with Crippen molar-refractivity contribution in [2.45, 2.75) is 38.0 Å². The van der Waals surface area contributed by atoms with Gasteiger partial charge in [-0.3, -0.25) is 0 Å². The fourth-order valence-electron chi connectivity index (χ4n) is 1.87. The molecule has 94 valence electrons. The Labute approximate surface area is 102 Å². The van der Waals surface area contributed by atoms with E-state index in [2.05, 4.69) is 4.98 Å². The predicted octanol–water partition coefficient (Wildman–Crippen LogP) is 4.08. The van der Waals surface area contributed by atoms with Crippen molar-refractivity contribution < 1.29 is 17.9 Å². The normalized spacial score (nSPS) is 17.4. The third-order valence-electron chi connectivity index (χ3n) is 2.69. The number of rotatable bonds is 2. The van der Waals surface area contributed by atoms with Crippen LogP contribution in [0.1, 0.15) is 31.2 Å². The van der Waals surface area contributed by atoms with Crippen LogP contribution in [0.3, 0.4) is 0 Å². The fourth-order valence-corrected chi connectivity index (χ4v) is 2.07. The summed E-state index contributed by atoms with van der Waals surface area (Å²) in [7, 11) is 0. The Balaban J connectivity index is 2.19. The summed E-state index contributed by atoms with van der Waals surface area (Å²) in [5.74, 6) is -0.0447. The number of hydrogen-bond donors (Lipinski definition) is 0. The molecule has 0 N–H and O–H groups in total. The average Bonchev–Trinajstić information content (AvgIpc) is 2.68. The minimum Gasteiger partial charge on any atom is -0.474 e. The second-order valence-electron chi connectivity index (χ2n) is 4.04. The molecule has 1 aromatic rings. The third kappa shape index (κ3) is 3.25. The zero-order chi connectivity index (χ0) is 12.5. The van der Waals surface area contributed by atoms with Gasteiger partial charge >= 0.3 is 6.18 Å². The van der Waals surface area contributed by atoms with Gasteiger partial charge in [0.05, 0.1) is 5.56 Å². The number of alkyl halides is 3. The number of nitrogens with zero attached hydrogens (tertiary/aromatic N) is 1. The van der Waals surface area contributed by atoms with Crippen molar-refractivity contribution in [1.29, 1.82) is 0 Å². The molecule has 0 radical (unpaired) electrons. The summed E-state index contributed by atoms with van der Waals surface area (Å²) < 4.78 is 43.0. The summed E-state index contributed by atoms with van der Waals surface area (Å²) >= 11 is 5.55. The van der Waals surface area contributed by atoms with E-state index in [1.807, 2.05) is 0 Å². The van der Waals surface area contributed by atoms with E-state index in [1.165, 1.54) is 0 Å². The number of hydrogen-bond acceptors (Lipinski definition) is 2. The highest BCUT2D eigenvalue weighted by atomic mass is 35.5. The Kier molecular flexibility index (Phi) is 3.47. The maximum absolute atomic E-state index is 12.5. The van der Waals surface area contributed by atoms with Gasteiger partial charge in [-0.1, -0.05) is 11.6 Å².